The SMILES string of the molecule is CC1CCC(NC(=O)C(=O)Nc2nccs2)CC1. The van der Waals surface area contributed by atoms with Crippen LogP contribution in [0.15, 0.2) is 11.6 Å². The van der Waals surface area contributed by atoms with Crippen LogP contribution < -0.4 is 10.6 Å². The number of carbonyl (C=O) groups is 2. The summed E-state index contributed by atoms with van der Waals surface area (Å²) in [4.78, 5) is 27.2. The van der Waals surface area contributed by atoms with Crippen molar-refractivity contribution in [3.63, 3.8) is 0 Å². The van der Waals surface area contributed by atoms with E-state index in [1.54, 1.807) is 11.6 Å². The number of aromatic nitrogens is 1. The van der Waals surface area contributed by atoms with E-state index in [1.807, 2.05) is 0 Å². The Morgan fingerprint density at radius 3 is 2.61 bits per heavy atom. The molecule has 0 saturated heterocycles. The minimum Gasteiger partial charge on any atom is -0.345 e. The molecular formula is C12H17N3O2S. The number of thiazole rings is 1. The molecule has 0 atom stereocenters. The number of carbonyl (C=O) groups excluding carboxylic acids is 2. The number of nitrogens with zero attached hydrogens (tertiary/aromatic N) is 1. The summed E-state index contributed by atoms with van der Waals surface area (Å²) in [6.45, 7) is 2.22. The van der Waals surface area contributed by atoms with Crippen molar-refractivity contribution in [2.45, 2.75) is 38.6 Å². The molecule has 1 fully saturated rings. The van der Waals surface area contributed by atoms with Gasteiger partial charge < -0.3 is 5.32 Å². The van der Waals surface area contributed by atoms with Crippen LogP contribution in [-0.4, -0.2) is 22.8 Å². The van der Waals surface area contributed by atoms with E-state index in [0.717, 1.165) is 31.6 Å². The Labute approximate surface area is 110 Å². The molecular weight excluding hydrogens is 250 g/mol. The highest BCUT2D eigenvalue weighted by molar-refractivity contribution is 7.13. The molecule has 1 aromatic heterocycles. The van der Waals surface area contributed by atoms with Gasteiger partial charge in [-0.25, -0.2) is 4.98 Å². The molecule has 1 aromatic rings. The van der Waals surface area contributed by atoms with Gasteiger partial charge in [0.1, 0.15) is 0 Å². The molecule has 0 unspecified atom stereocenters. The van der Waals surface area contributed by atoms with Crippen molar-refractivity contribution in [2.24, 2.45) is 5.92 Å². The number of hydrogen-bond donors (Lipinski definition) is 2. The van der Waals surface area contributed by atoms with E-state index >= 15 is 0 Å². The summed E-state index contributed by atoms with van der Waals surface area (Å²) in [6, 6.07) is 0.135. The maximum absolute atomic E-state index is 11.7. The molecule has 0 aliphatic heterocycles. The Morgan fingerprint density at radius 2 is 2.00 bits per heavy atom. The van der Waals surface area contributed by atoms with E-state index in [0.29, 0.717) is 5.13 Å². The summed E-state index contributed by atoms with van der Waals surface area (Å²) in [5.74, 6) is -0.476. The van der Waals surface area contributed by atoms with Gasteiger partial charge in [0.15, 0.2) is 5.13 Å². The molecule has 1 saturated carbocycles. The third kappa shape index (κ3) is 3.53. The van der Waals surface area contributed by atoms with Crippen LogP contribution in [0.1, 0.15) is 32.6 Å². The van der Waals surface area contributed by atoms with Crippen LogP contribution in [0.5, 0.6) is 0 Å². The Hall–Kier alpha value is -1.43. The molecule has 1 heterocycles. The first-order valence-corrected chi connectivity index (χ1v) is 7.04. The van der Waals surface area contributed by atoms with Crippen molar-refractivity contribution in [1.82, 2.24) is 10.3 Å². The molecule has 0 radical (unpaired) electrons. The van der Waals surface area contributed by atoms with Crippen molar-refractivity contribution in [3.05, 3.63) is 11.6 Å². The van der Waals surface area contributed by atoms with Crippen LogP contribution in [0, 0.1) is 5.92 Å². The first-order chi connectivity index (χ1) is 8.65. The first-order valence-electron chi connectivity index (χ1n) is 6.16. The van der Waals surface area contributed by atoms with Crippen LogP contribution in [0.3, 0.4) is 0 Å². The summed E-state index contributed by atoms with van der Waals surface area (Å²) in [5.41, 5.74) is 0. The molecule has 2 rings (SSSR count). The molecule has 2 amide bonds. The van der Waals surface area contributed by atoms with Gasteiger partial charge in [0.2, 0.25) is 0 Å². The average molecular weight is 267 g/mol. The largest absolute Gasteiger partial charge is 0.345 e. The topological polar surface area (TPSA) is 71.1 Å². The van der Waals surface area contributed by atoms with Crippen LogP contribution >= 0.6 is 11.3 Å². The first kappa shape index (κ1) is 13.0. The zero-order valence-corrected chi connectivity index (χ0v) is 11.1. The highest BCUT2D eigenvalue weighted by Gasteiger charge is 2.23. The van der Waals surface area contributed by atoms with Crippen LogP contribution in [0.25, 0.3) is 0 Å². The molecule has 6 heteroatoms. The summed E-state index contributed by atoms with van der Waals surface area (Å²) in [5, 5.41) is 7.45. The van der Waals surface area contributed by atoms with Gasteiger partial charge in [-0.3, -0.25) is 14.9 Å². The van der Waals surface area contributed by atoms with Gasteiger partial charge in [-0.2, -0.15) is 0 Å². The Bertz CT molecular complexity index is 411. The van der Waals surface area contributed by atoms with E-state index in [4.69, 9.17) is 0 Å². The van der Waals surface area contributed by atoms with Crippen molar-refractivity contribution >= 4 is 28.3 Å². The van der Waals surface area contributed by atoms with Crippen molar-refractivity contribution in [2.75, 3.05) is 5.32 Å². The quantitative estimate of drug-likeness (QED) is 0.802. The monoisotopic (exact) mass is 267 g/mol. The van der Waals surface area contributed by atoms with Gasteiger partial charge in [0.25, 0.3) is 0 Å². The second-order valence-corrected chi connectivity index (χ2v) is 5.62. The molecule has 1 aliphatic rings. The van der Waals surface area contributed by atoms with Gasteiger partial charge in [-0.1, -0.05) is 6.92 Å². The third-order valence-electron chi connectivity index (χ3n) is 3.21. The van der Waals surface area contributed by atoms with E-state index in [1.165, 1.54) is 11.3 Å². The second kappa shape index (κ2) is 5.95. The Balaban J connectivity index is 1.79. The van der Waals surface area contributed by atoms with Crippen molar-refractivity contribution in [3.8, 4) is 0 Å². The number of rotatable bonds is 2. The lowest BCUT2D eigenvalue weighted by molar-refractivity contribution is -0.136. The minimum atomic E-state index is -0.636. The minimum absolute atomic E-state index is 0.135. The number of amides is 2. The van der Waals surface area contributed by atoms with Crippen LogP contribution in [-0.2, 0) is 9.59 Å². The maximum Gasteiger partial charge on any atom is 0.315 e. The predicted octanol–water partition coefficient (Wildman–Crippen LogP) is 1.78. The number of hydrogen-bond acceptors (Lipinski definition) is 4. The lowest BCUT2D eigenvalue weighted by atomic mass is 9.87. The van der Waals surface area contributed by atoms with Crippen molar-refractivity contribution in [1.29, 1.82) is 0 Å². The summed E-state index contributed by atoms with van der Waals surface area (Å²) >= 11 is 1.29. The van der Waals surface area contributed by atoms with Gasteiger partial charge >= 0.3 is 11.8 Å². The molecule has 98 valence electrons. The summed E-state index contributed by atoms with van der Waals surface area (Å²) < 4.78 is 0. The summed E-state index contributed by atoms with van der Waals surface area (Å²) in [7, 11) is 0. The molecule has 2 N–H and O–H groups in total. The smallest absolute Gasteiger partial charge is 0.315 e. The van der Waals surface area contributed by atoms with Gasteiger partial charge in [0.05, 0.1) is 0 Å². The molecule has 1 aliphatic carbocycles. The van der Waals surface area contributed by atoms with Crippen LogP contribution in [0.4, 0.5) is 5.13 Å². The number of anilines is 1. The van der Waals surface area contributed by atoms with Crippen molar-refractivity contribution < 1.29 is 9.59 Å². The molecule has 5 nitrogen and oxygen atoms in total. The molecule has 18 heavy (non-hydrogen) atoms. The third-order valence-corrected chi connectivity index (χ3v) is 3.90. The normalized spacial score (nSPS) is 23.4. The molecule has 0 aromatic carbocycles. The standard InChI is InChI=1S/C12H17N3O2S/c1-8-2-4-9(5-3-8)14-10(16)11(17)15-12-13-6-7-18-12/h6-9H,2-5H2,1H3,(H,14,16)(H,13,15,17). The Kier molecular flexibility index (Phi) is 4.30. The van der Waals surface area contributed by atoms with E-state index in [2.05, 4.69) is 22.5 Å². The van der Waals surface area contributed by atoms with E-state index in [9.17, 15) is 9.59 Å². The maximum atomic E-state index is 11.7. The zero-order valence-electron chi connectivity index (χ0n) is 10.3. The summed E-state index contributed by atoms with van der Waals surface area (Å²) in [6.07, 6.45) is 5.72. The molecule has 0 spiro atoms. The fourth-order valence-corrected chi connectivity index (χ4v) is 2.62. The van der Waals surface area contributed by atoms with Gasteiger partial charge in [-0.15, -0.1) is 11.3 Å². The fraction of sp³-hybridized carbons (Fsp3) is 0.583. The predicted molar refractivity (Wildman–Crippen MR) is 70.3 cm³/mol. The highest BCUT2D eigenvalue weighted by atomic mass is 32.1. The van der Waals surface area contributed by atoms with E-state index < -0.39 is 11.8 Å². The Morgan fingerprint density at radius 1 is 1.28 bits per heavy atom. The second-order valence-electron chi connectivity index (χ2n) is 4.72. The zero-order chi connectivity index (χ0) is 13.0. The van der Waals surface area contributed by atoms with Crippen LogP contribution in [0.2, 0.25) is 0 Å². The molecule has 0 bridgehead atoms. The highest BCUT2D eigenvalue weighted by Crippen LogP contribution is 2.23. The van der Waals surface area contributed by atoms with Gasteiger partial charge in [-0.05, 0) is 31.6 Å². The van der Waals surface area contributed by atoms with Gasteiger partial charge in [0, 0.05) is 17.6 Å². The lowest BCUT2D eigenvalue weighted by Gasteiger charge is -2.26. The van der Waals surface area contributed by atoms with E-state index in [-0.39, 0.29) is 6.04 Å². The lowest BCUT2D eigenvalue weighted by Crippen LogP contribution is -2.43. The average Bonchev–Trinajstić information content (AvgIpc) is 2.85. The fourth-order valence-electron chi connectivity index (χ4n) is 2.09. The number of nitrogens with one attached hydrogen (secondary N) is 2.